The number of furan rings is 1. The molecule has 0 amide bonds. The number of aromatic nitrogens is 1. The van der Waals surface area contributed by atoms with Gasteiger partial charge >= 0.3 is 11.9 Å². The molecule has 1 N–H and O–H groups in total. The van der Waals surface area contributed by atoms with E-state index < -0.39 is 17.4 Å². The number of hydrogen-bond acceptors (Lipinski definition) is 6. The van der Waals surface area contributed by atoms with Crippen LogP contribution in [0.15, 0.2) is 21.5 Å². The van der Waals surface area contributed by atoms with E-state index in [0.717, 1.165) is 0 Å². The molecule has 0 aliphatic heterocycles. The highest BCUT2D eigenvalue weighted by Crippen LogP contribution is 2.15. The molecule has 2 aromatic rings. The molecule has 0 saturated heterocycles. The number of esters is 2. The van der Waals surface area contributed by atoms with Gasteiger partial charge < -0.3 is 18.9 Å². The molecule has 18 heavy (non-hydrogen) atoms. The Morgan fingerprint density at radius 1 is 1.22 bits per heavy atom. The second-order valence-corrected chi connectivity index (χ2v) is 3.37. The fourth-order valence-corrected chi connectivity index (χ4v) is 1.48. The van der Waals surface area contributed by atoms with E-state index in [2.05, 4.69) is 14.5 Å². The van der Waals surface area contributed by atoms with Gasteiger partial charge in [0, 0.05) is 12.3 Å². The Labute approximate surface area is 100 Å². The Balaban J connectivity index is 2.64. The Bertz CT molecular complexity index is 680. The van der Waals surface area contributed by atoms with Crippen LogP contribution in [-0.4, -0.2) is 31.1 Å². The Hall–Kier alpha value is -2.57. The molecule has 2 aromatic heterocycles. The molecule has 0 aliphatic carbocycles. The number of nitrogens with one attached hydrogen (secondary N) is 1. The number of carbonyl (C=O) groups excluding carboxylic acids is 2. The predicted octanol–water partition coefficient (Wildman–Crippen LogP) is 0.694. The van der Waals surface area contributed by atoms with Gasteiger partial charge in [-0.15, -0.1) is 0 Å². The Morgan fingerprint density at radius 2 is 1.89 bits per heavy atom. The molecule has 0 saturated carbocycles. The summed E-state index contributed by atoms with van der Waals surface area (Å²) in [5.41, 5.74) is -0.648. The summed E-state index contributed by atoms with van der Waals surface area (Å²) in [5.74, 6) is -1.60. The zero-order valence-electron chi connectivity index (χ0n) is 9.60. The highest BCUT2D eigenvalue weighted by atomic mass is 16.5. The van der Waals surface area contributed by atoms with Crippen LogP contribution in [0.3, 0.4) is 0 Å². The molecule has 0 radical (unpaired) electrons. The van der Waals surface area contributed by atoms with E-state index in [1.54, 1.807) is 0 Å². The zero-order chi connectivity index (χ0) is 13.3. The number of aromatic amines is 1. The van der Waals surface area contributed by atoms with Crippen molar-refractivity contribution in [3.8, 4) is 0 Å². The van der Waals surface area contributed by atoms with Crippen molar-refractivity contribution in [2.75, 3.05) is 14.2 Å². The molecule has 0 spiro atoms. The average molecular weight is 251 g/mol. The van der Waals surface area contributed by atoms with E-state index in [4.69, 9.17) is 4.42 Å². The number of fused-ring (bicyclic) bond motifs is 1. The predicted molar refractivity (Wildman–Crippen MR) is 59.5 cm³/mol. The molecule has 94 valence electrons. The smallest absolute Gasteiger partial charge is 0.374 e. The van der Waals surface area contributed by atoms with Crippen molar-refractivity contribution in [2.24, 2.45) is 0 Å². The second-order valence-electron chi connectivity index (χ2n) is 3.37. The third-order valence-corrected chi connectivity index (χ3v) is 2.36. The van der Waals surface area contributed by atoms with Crippen LogP contribution in [0.2, 0.25) is 0 Å². The van der Waals surface area contributed by atoms with Crippen molar-refractivity contribution in [1.29, 1.82) is 0 Å². The summed E-state index contributed by atoms with van der Waals surface area (Å²) in [4.78, 5) is 37.1. The summed E-state index contributed by atoms with van der Waals surface area (Å²) in [6, 6.07) is 1.21. The van der Waals surface area contributed by atoms with Gasteiger partial charge in [-0.2, -0.15) is 0 Å². The number of ether oxygens (including phenoxy) is 2. The van der Waals surface area contributed by atoms with Crippen LogP contribution in [0.25, 0.3) is 11.1 Å². The summed E-state index contributed by atoms with van der Waals surface area (Å²) in [6.45, 7) is 0. The van der Waals surface area contributed by atoms with E-state index in [1.165, 1.54) is 26.5 Å². The first-order valence-electron chi connectivity index (χ1n) is 4.90. The van der Waals surface area contributed by atoms with Gasteiger partial charge in [0.1, 0.15) is 5.56 Å². The third kappa shape index (κ3) is 1.75. The maximum absolute atomic E-state index is 11.9. The first-order chi connectivity index (χ1) is 8.58. The lowest BCUT2D eigenvalue weighted by molar-refractivity contribution is 0.0565. The van der Waals surface area contributed by atoms with Crippen molar-refractivity contribution in [3.05, 3.63) is 33.8 Å². The number of carbonyl (C=O) groups is 2. The van der Waals surface area contributed by atoms with Crippen LogP contribution in [0, 0.1) is 0 Å². The van der Waals surface area contributed by atoms with Crippen molar-refractivity contribution >= 4 is 23.0 Å². The first kappa shape index (κ1) is 11.9. The average Bonchev–Trinajstić information content (AvgIpc) is 2.82. The van der Waals surface area contributed by atoms with Gasteiger partial charge in [0.05, 0.1) is 19.6 Å². The molecule has 0 fully saturated rings. The summed E-state index contributed by atoms with van der Waals surface area (Å²) in [6.07, 6.45) is 1.17. The number of methoxy groups -OCH3 is 2. The van der Waals surface area contributed by atoms with Crippen molar-refractivity contribution in [3.63, 3.8) is 0 Å². The maximum Gasteiger partial charge on any atom is 0.374 e. The summed E-state index contributed by atoms with van der Waals surface area (Å²) >= 11 is 0. The van der Waals surface area contributed by atoms with E-state index in [-0.39, 0.29) is 22.4 Å². The van der Waals surface area contributed by atoms with Crippen LogP contribution < -0.4 is 5.43 Å². The molecule has 0 unspecified atom stereocenters. The topological polar surface area (TPSA) is 98.6 Å². The van der Waals surface area contributed by atoms with E-state index >= 15 is 0 Å². The minimum Gasteiger partial charge on any atom is -0.465 e. The minimum atomic E-state index is -0.765. The van der Waals surface area contributed by atoms with E-state index in [1.807, 2.05) is 0 Å². The van der Waals surface area contributed by atoms with E-state index in [0.29, 0.717) is 0 Å². The summed E-state index contributed by atoms with van der Waals surface area (Å²) < 4.78 is 14.0. The maximum atomic E-state index is 11.9. The number of rotatable bonds is 2. The molecule has 0 aromatic carbocycles. The largest absolute Gasteiger partial charge is 0.465 e. The molecule has 0 aliphatic rings. The Morgan fingerprint density at radius 3 is 2.50 bits per heavy atom. The van der Waals surface area contributed by atoms with Crippen LogP contribution in [0.5, 0.6) is 0 Å². The normalized spacial score (nSPS) is 10.3. The van der Waals surface area contributed by atoms with Gasteiger partial charge in [-0.05, 0) is 0 Å². The minimum absolute atomic E-state index is 0.0818. The van der Waals surface area contributed by atoms with Gasteiger partial charge in [-0.3, -0.25) is 4.79 Å². The molecule has 2 rings (SSSR count). The summed E-state index contributed by atoms with van der Waals surface area (Å²) in [5, 5.41) is 0.0818. The lowest BCUT2D eigenvalue weighted by atomic mass is 10.2. The quantitative estimate of drug-likeness (QED) is 0.788. The first-order valence-corrected chi connectivity index (χ1v) is 4.90. The second kappa shape index (κ2) is 4.36. The third-order valence-electron chi connectivity index (χ3n) is 2.36. The fraction of sp³-hybridized carbons (Fsp3) is 0.182. The number of hydrogen-bond donors (Lipinski definition) is 1. The molecular weight excluding hydrogens is 242 g/mol. The monoisotopic (exact) mass is 251 g/mol. The highest BCUT2D eigenvalue weighted by molar-refractivity contribution is 5.95. The van der Waals surface area contributed by atoms with Crippen molar-refractivity contribution in [2.45, 2.75) is 0 Å². The zero-order valence-corrected chi connectivity index (χ0v) is 9.60. The number of pyridine rings is 1. The molecular formula is C11H9NO6. The van der Waals surface area contributed by atoms with Gasteiger partial charge in [0.15, 0.2) is 0 Å². The lowest BCUT2D eigenvalue weighted by Gasteiger charge is -1.97. The van der Waals surface area contributed by atoms with Gasteiger partial charge in [0.2, 0.25) is 16.9 Å². The molecule has 2 heterocycles. The summed E-state index contributed by atoms with van der Waals surface area (Å²) in [7, 11) is 2.36. The molecule has 7 heteroatoms. The standard InChI is InChI=1S/C11H9NO6/c1-16-10(14)6-4-12-9-5(8(6)13)3-7(18-9)11(15)17-2/h3-4H,1-2H3,(H,12,13). The van der Waals surface area contributed by atoms with Gasteiger partial charge in [-0.1, -0.05) is 0 Å². The highest BCUT2D eigenvalue weighted by Gasteiger charge is 2.19. The van der Waals surface area contributed by atoms with Crippen molar-refractivity contribution < 1.29 is 23.5 Å². The van der Waals surface area contributed by atoms with Crippen LogP contribution in [-0.2, 0) is 9.47 Å². The lowest BCUT2D eigenvalue weighted by Crippen LogP contribution is -2.16. The molecule has 7 nitrogen and oxygen atoms in total. The van der Waals surface area contributed by atoms with Crippen molar-refractivity contribution in [1.82, 2.24) is 4.98 Å². The molecule has 0 atom stereocenters. The van der Waals surface area contributed by atoms with Crippen LogP contribution in [0.1, 0.15) is 20.9 Å². The number of H-pyrrole nitrogens is 1. The van der Waals surface area contributed by atoms with Gasteiger partial charge in [0.25, 0.3) is 0 Å². The van der Waals surface area contributed by atoms with Gasteiger partial charge in [-0.25, -0.2) is 9.59 Å². The van der Waals surface area contributed by atoms with Crippen LogP contribution >= 0.6 is 0 Å². The Kier molecular flexibility index (Phi) is 2.88. The van der Waals surface area contributed by atoms with Crippen LogP contribution in [0.4, 0.5) is 0 Å². The fourth-order valence-electron chi connectivity index (χ4n) is 1.48. The SMILES string of the molecule is COC(=O)c1cc2c(=O)c(C(=O)OC)c[nH]c2o1. The molecule has 0 bridgehead atoms. The van der Waals surface area contributed by atoms with E-state index in [9.17, 15) is 14.4 Å².